The molecule has 2 saturated heterocycles. The third-order valence-corrected chi connectivity index (χ3v) is 11.8. The predicted molar refractivity (Wildman–Crippen MR) is 214 cm³/mol. The Morgan fingerprint density at radius 1 is 0.673 bits per heavy atom. The summed E-state index contributed by atoms with van der Waals surface area (Å²) in [6.45, 7) is 12.8. The van der Waals surface area contributed by atoms with E-state index in [2.05, 4.69) is 64.6 Å². The first-order chi connectivity index (χ1) is 26.3. The lowest BCUT2D eigenvalue weighted by atomic mass is 9.82. The molecule has 0 radical (unpaired) electrons. The van der Waals surface area contributed by atoms with Gasteiger partial charge < -0.3 is 19.4 Å². The van der Waals surface area contributed by atoms with E-state index >= 15 is 0 Å². The third-order valence-electron chi connectivity index (χ3n) is 11.8. The molecule has 4 aliphatic rings. The summed E-state index contributed by atoms with van der Waals surface area (Å²) in [4.78, 5) is 46.6. The molecule has 286 valence electrons. The number of rotatable bonds is 5. The first-order valence-corrected chi connectivity index (χ1v) is 20.1. The number of imidazole rings is 2. The number of ether oxygens (including phenoxy) is 2. The number of amides is 2. The van der Waals surface area contributed by atoms with Crippen LogP contribution in [0.1, 0.15) is 133 Å². The zero-order valence-electron chi connectivity index (χ0n) is 32.9. The molecule has 2 bridgehead atoms. The molecule has 2 aromatic heterocycles. The van der Waals surface area contributed by atoms with Gasteiger partial charge in [0.15, 0.2) is 0 Å². The molecule has 3 aromatic carbocycles. The van der Waals surface area contributed by atoms with E-state index in [1.807, 2.05) is 57.5 Å². The Morgan fingerprint density at radius 3 is 1.87 bits per heavy atom. The van der Waals surface area contributed by atoms with Gasteiger partial charge in [0.05, 0.1) is 35.0 Å². The maximum Gasteiger partial charge on any atom is 0.410 e. The summed E-state index contributed by atoms with van der Waals surface area (Å²) in [6, 6.07) is 19.7. The van der Waals surface area contributed by atoms with Crippen molar-refractivity contribution in [3.8, 4) is 33.5 Å². The van der Waals surface area contributed by atoms with Crippen LogP contribution in [0.25, 0.3) is 44.5 Å². The minimum absolute atomic E-state index is 0.108. The molecule has 9 rings (SSSR count). The molecule has 2 N–H and O–H groups in total. The Bertz CT molecular complexity index is 2270. The lowest BCUT2D eigenvalue weighted by Gasteiger charge is -2.27. The minimum atomic E-state index is -0.541. The van der Waals surface area contributed by atoms with Crippen molar-refractivity contribution in [2.45, 2.75) is 122 Å². The molecule has 2 aliphatic carbocycles. The van der Waals surface area contributed by atoms with E-state index in [4.69, 9.17) is 19.4 Å². The van der Waals surface area contributed by atoms with Gasteiger partial charge in [-0.15, -0.1) is 0 Å². The SMILES string of the molecule is CC(C)(C)OC(=O)N1CCC[C@H]1c1ncc(-c2ccc(-c3ccc(-c4ccc5nc([C@@H]6CCCN6C(=O)OC(C)(C)C)[nH]c5c4)cc3)c3c2C2CCC3C2)[nH]1. The third kappa shape index (κ3) is 6.67. The Hall–Kier alpha value is -5.12. The van der Waals surface area contributed by atoms with Crippen LogP contribution in [0.3, 0.4) is 0 Å². The number of hydrogen-bond donors (Lipinski definition) is 2. The average Bonchev–Trinajstić information content (AvgIpc) is 3.98. The highest BCUT2D eigenvalue weighted by Crippen LogP contribution is 2.58. The fraction of sp³-hybridized carbons (Fsp3) is 0.467. The van der Waals surface area contributed by atoms with Gasteiger partial charge in [0, 0.05) is 18.7 Å². The first-order valence-electron chi connectivity index (χ1n) is 20.1. The Balaban J connectivity index is 0.964. The second-order valence-corrected chi connectivity index (χ2v) is 18.0. The summed E-state index contributed by atoms with van der Waals surface area (Å²) in [5.41, 5.74) is 10.8. The normalized spacial score (nSPS) is 22.1. The van der Waals surface area contributed by atoms with Crippen LogP contribution in [0.4, 0.5) is 9.59 Å². The van der Waals surface area contributed by atoms with Gasteiger partial charge in [-0.3, -0.25) is 9.80 Å². The van der Waals surface area contributed by atoms with Crippen LogP contribution < -0.4 is 0 Å². The molecule has 10 heteroatoms. The highest BCUT2D eigenvalue weighted by Gasteiger charge is 2.41. The minimum Gasteiger partial charge on any atom is -0.444 e. The van der Waals surface area contributed by atoms with E-state index in [1.54, 1.807) is 0 Å². The maximum atomic E-state index is 13.0. The number of fused-ring (bicyclic) bond motifs is 6. The van der Waals surface area contributed by atoms with Crippen molar-refractivity contribution in [3.05, 3.63) is 83.6 Å². The van der Waals surface area contributed by atoms with Crippen molar-refractivity contribution in [1.29, 1.82) is 0 Å². The van der Waals surface area contributed by atoms with Crippen LogP contribution in [0.5, 0.6) is 0 Å². The van der Waals surface area contributed by atoms with Gasteiger partial charge in [-0.2, -0.15) is 0 Å². The van der Waals surface area contributed by atoms with Crippen LogP contribution in [0.2, 0.25) is 0 Å². The number of benzene rings is 3. The number of nitrogens with one attached hydrogen (secondary N) is 2. The van der Waals surface area contributed by atoms with Crippen LogP contribution in [-0.2, 0) is 9.47 Å². The standard InChI is InChI=1S/C45H52N6O4/c1-44(2,3)54-42(52)50-21-7-9-36(50)40-46-25-35(49-40)32-19-18-31(38-29-15-16-30(23-29)39(32)38)27-13-11-26(12-14-27)28-17-20-33-34(24-28)48-41(47-33)37-10-8-22-51(37)43(53)55-45(4,5)6/h11-14,17-20,24-25,29-30,36-37H,7-10,15-16,21-23H2,1-6H3,(H,46,49)(H,47,48)/t29?,30?,36-,37-/m0/s1. The maximum absolute atomic E-state index is 13.0. The topological polar surface area (TPSA) is 116 Å². The van der Waals surface area contributed by atoms with Gasteiger partial charge in [0.25, 0.3) is 0 Å². The van der Waals surface area contributed by atoms with E-state index < -0.39 is 11.2 Å². The molecule has 10 nitrogen and oxygen atoms in total. The van der Waals surface area contributed by atoms with Gasteiger partial charge in [-0.05, 0) is 144 Å². The number of carbonyl (C=O) groups is 2. The van der Waals surface area contributed by atoms with Crippen LogP contribution in [0, 0.1) is 0 Å². The lowest BCUT2D eigenvalue weighted by Crippen LogP contribution is -2.36. The number of H-pyrrole nitrogens is 2. The molecular formula is C45H52N6O4. The average molecular weight is 741 g/mol. The molecule has 3 fully saturated rings. The molecule has 4 heterocycles. The summed E-state index contributed by atoms with van der Waals surface area (Å²) in [5, 5.41) is 0. The molecule has 0 spiro atoms. The van der Waals surface area contributed by atoms with Gasteiger partial charge in [-0.1, -0.05) is 42.5 Å². The summed E-state index contributed by atoms with van der Waals surface area (Å²) in [6.07, 6.45) is 8.65. The molecule has 5 aromatic rings. The number of carbonyl (C=O) groups excluding carboxylic acids is 2. The van der Waals surface area contributed by atoms with Gasteiger partial charge in [0.1, 0.15) is 22.9 Å². The Labute approximate surface area is 323 Å². The van der Waals surface area contributed by atoms with E-state index in [0.717, 1.165) is 65.2 Å². The number of hydrogen-bond acceptors (Lipinski definition) is 6. The molecule has 2 amide bonds. The fourth-order valence-corrected chi connectivity index (χ4v) is 9.54. The van der Waals surface area contributed by atoms with Crippen molar-refractivity contribution >= 4 is 23.2 Å². The fourth-order valence-electron chi connectivity index (χ4n) is 9.54. The monoisotopic (exact) mass is 740 g/mol. The van der Waals surface area contributed by atoms with E-state index in [-0.39, 0.29) is 24.3 Å². The van der Waals surface area contributed by atoms with Crippen molar-refractivity contribution in [2.75, 3.05) is 13.1 Å². The van der Waals surface area contributed by atoms with E-state index in [9.17, 15) is 9.59 Å². The predicted octanol–water partition coefficient (Wildman–Crippen LogP) is 10.8. The quantitative estimate of drug-likeness (QED) is 0.185. The number of aromatic nitrogens is 4. The van der Waals surface area contributed by atoms with Gasteiger partial charge in [0.2, 0.25) is 0 Å². The van der Waals surface area contributed by atoms with Crippen molar-refractivity contribution in [2.24, 2.45) is 0 Å². The highest BCUT2D eigenvalue weighted by molar-refractivity contribution is 5.84. The van der Waals surface area contributed by atoms with Gasteiger partial charge in [-0.25, -0.2) is 19.6 Å². The molecule has 2 unspecified atom stereocenters. The first kappa shape index (κ1) is 35.6. The largest absolute Gasteiger partial charge is 0.444 e. The van der Waals surface area contributed by atoms with Crippen LogP contribution >= 0.6 is 0 Å². The molecule has 1 saturated carbocycles. The van der Waals surface area contributed by atoms with E-state index in [0.29, 0.717) is 24.9 Å². The van der Waals surface area contributed by atoms with Crippen molar-refractivity contribution in [1.82, 2.24) is 29.7 Å². The second-order valence-electron chi connectivity index (χ2n) is 18.0. The number of nitrogens with zero attached hydrogens (tertiary/aromatic N) is 4. The van der Waals surface area contributed by atoms with Crippen LogP contribution in [-0.4, -0.2) is 66.2 Å². The molecule has 55 heavy (non-hydrogen) atoms. The zero-order chi connectivity index (χ0) is 38.2. The molecule has 4 atom stereocenters. The lowest BCUT2D eigenvalue weighted by molar-refractivity contribution is 0.0208. The van der Waals surface area contributed by atoms with Crippen molar-refractivity contribution in [3.63, 3.8) is 0 Å². The zero-order valence-corrected chi connectivity index (χ0v) is 32.9. The Kier molecular flexibility index (Phi) is 8.59. The summed E-state index contributed by atoms with van der Waals surface area (Å²) in [7, 11) is 0. The molecule has 2 aliphatic heterocycles. The summed E-state index contributed by atoms with van der Waals surface area (Å²) in [5.74, 6) is 2.76. The Morgan fingerprint density at radius 2 is 1.24 bits per heavy atom. The second kappa shape index (κ2) is 13.3. The number of likely N-dealkylation sites (tertiary alicyclic amines) is 2. The summed E-state index contributed by atoms with van der Waals surface area (Å²) < 4.78 is 11.4. The van der Waals surface area contributed by atoms with Crippen LogP contribution in [0.15, 0.2) is 60.8 Å². The van der Waals surface area contributed by atoms with Crippen molar-refractivity contribution < 1.29 is 19.1 Å². The highest BCUT2D eigenvalue weighted by atomic mass is 16.6. The smallest absolute Gasteiger partial charge is 0.410 e. The van der Waals surface area contributed by atoms with E-state index in [1.165, 1.54) is 47.1 Å². The number of aromatic amines is 2. The summed E-state index contributed by atoms with van der Waals surface area (Å²) >= 11 is 0. The molecular weight excluding hydrogens is 689 g/mol. The van der Waals surface area contributed by atoms with Gasteiger partial charge >= 0.3 is 12.2 Å².